The number of benzene rings is 1. The van der Waals surface area contributed by atoms with E-state index in [-0.39, 0.29) is 12.5 Å². The summed E-state index contributed by atoms with van der Waals surface area (Å²) < 4.78 is 4.94. The van der Waals surface area contributed by atoms with Gasteiger partial charge in [-0.1, -0.05) is 24.3 Å². The summed E-state index contributed by atoms with van der Waals surface area (Å²) in [5.74, 6) is -0.288. The summed E-state index contributed by atoms with van der Waals surface area (Å²) in [6.45, 7) is 2.26. The number of rotatable bonds is 6. The Balaban J connectivity index is 2.09. The van der Waals surface area contributed by atoms with E-state index in [1.54, 1.807) is 20.2 Å². The van der Waals surface area contributed by atoms with Gasteiger partial charge in [0.15, 0.2) is 0 Å². The quantitative estimate of drug-likeness (QED) is 0.849. The molecule has 0 aliphatic rings. The van der Waals surface area contributed by atoms with Crippen LogP contribution in [0, 0.1) is 0 Å². The Labute approximate surface area is 124 Å². The lowest BCUT2D eigenvalue weighted by atomic mass is 10.0. The van der Waals surface area contributed by atoms with Crippen molar-refractivity contribution in [2.75, 3.05) is 20.3 Å². The number of aromatic nitrogens is 1. The van der Waals surface area contributed by atoms with Gasteiger partial charge in [0.05, 0.1) is 5.60 Å². The Bertz CT molecular complexity index is 620. The third-order valence-corrected chi connectivity index (χ3v) is 3.36. The summed E-state index contributed by atoms with van der Waals surface area (Å²) >= 11 is 0. The number of ether oxygens (including phenoxy) is 1. The first-order valence-electron chi connectivity index (χ1n) is 6.87. The van der Waals surface area contributed by atoms with E-state index < -0.39 is 5.60 Å². The highest BCUT2D eigenvalue weighted by Gasteiger charge is 2.22. The summed E-state index contributed by atoms with van der Waals surface area (Å²) in [6, 6.07) is 9.44. The monoisotopic (exact) mass is 288 g/mol. The molecule has 112 valence electrons. The van der Waals surface area contributed by atoms with Crippen LogP contribution in [0.5, 0.6) is 0 Å². The Kier molecular flexibility index (Phi) is 4.88. The van der Waals surface area contributed by atoms with Gasteiger partial charge >= 0.3 is 0 Å². The van der Waals surface area contributed by atoms with Crippen LogP contribution in [0.1, 0.15) is 23.8 Å². The second kappa shape index (κ2) is 6.65. The van der Waals surface area contributed by atoms with Crippen molar-refractivity contribution in [3.05, 3.63) is 42.2 Å². The van der Waals surface area contributed by atoms with Crippen LogP contribution < -0.4 is 5.32 Å². The van der Waals surface area contributed by atoms with Crippen molar-refractivity contribution in [3.8, 4) is 0 Å². The van der Waals surface area contributed by atoms with E-state index in [0.717, 1.165) is 10.8 Å². The molecule has 0 spiro atoms. The van der Waals surface area contributed by atoms with Crippen molar-refractivity contribution in [2.45, 2.75) is 18.9 Å². The highest BCUT2D eigenvalue weighted by atomic mass is 16.5. The predicted octanol–water partition coefficient (Wildman–Crippen LogP) is 1.75. The number of carbonyl (C=O) groups is 1. The number of amides is 1. The fraction of sp³-hybridized carbons (Fsp3) is 0.375. The summed E-state index contributed by atoms with van der Waals surface area (Å²) in [5.41, 5.74) is -0.633. The first kappa shape index (κ1) is 15.4. The maximum absolute atomic E-state index is 12.3. The van der Waals surface area contributed by atoms with Crippen LogP contribution in [-0.4, -0.2) is 41.9 Å². The number of aliphatic hydroxyl groups is 1. The number of nitrogens with one attached hydrogen (secondary N) is 1. The smallest absolute Gasteiger partial charge is 0.270 e. The maximum atomic E-state index is 12.3. The predicted molar refractivity (Wildman–Crippen MR) is 81.2 cm³/mol. The molecule has 1 unspecified atom stereocenters. The van der Waals surface area contributed by atoms with Gasteiger partial charge in [-0.25, -0.2) is 0 Å². The Hall–Kier alpha value is -1.98. The lowest BCUT2D eigenvalue weighted by Gasteiger charge is -2.23. The molecule has 0 saturated carbocycles. The summed E-state index contributed by atoms with van der Waals surface area (Å²) in [4.78, 5) is 16.4. The first-order chi connectivity index (χ1) is 10.0. The third-order valence-electron chi connectivity index (χ3n) is 3.36. The number of hydrogen-bond acceptors (Lipinski definition) is 4. The van der Waals surface area contributed by atoms with E-state index in [4.69, 9.17) is 4.74 Å². The molecule has 0 fully saturated rings. The zero-order valence-electron chi connectivity index (χ0n) is 12.3. The van der Waals surface area contributed by atoms with Gasteiger partial charge in [-0.3, -0.25) is 9.78 Å². The summed E-state index contributed by atoms with van der Waals surface area (Å²) in [5, 5.41) is 14.6. The molecule has 21 heavy (non-hydrogen) atoms. The lowest BCUT2D eigenvalue weighted by molar-refractivity contribution is 0.0243. The number of nitrogens with zero attached hydrogens (tertiary/aromatic N) is 1. The number of hydrogen-bond donors (Lipinski definition) is 2. The maximum Gasteiger partial charge on any atom is 0.270 e. The highest BCUT2D eigenvalue weighted by Crippen LogP contribution is 2.16. The fourth-order valence-electron chi connectivity index (χ4n) is 2.07. The van der Waals surface area contributed by atoms with Gasteiger partial charge in [-0.05, 0) is 18.4 Å². The molecule has 1 atom stereocenters. The molecule has 0 aliphatic heterocycles. The van der Waals surface area contributed by atoms with Crippen molar-refractivity contribution in [2.24, 2.45) is 0 Å². The van der Waals surface area contributed by atoms with Crippen LogP contribution in [0.15, 0.2) is 36.5 Å². The van der Waals surface area contributed by atoms with E-state index in [2.05, 4.69) is 10.3 Å². The molecule has 1 amide bonds. The van der Waals surface area contributed by atoms with Crippen molar-refractivity contribution in [3.63, 3.8) is 0 Å². The van der Waals surface area contributed by atoms with Gasteiger partial charge in [0.25, 0.3) is 5.91 Å². The van der Waals surface area contributed by atoms with Crippen LogP contribution in [-0.2, 0) is 4.74 Å². The molecule has 5 heteroatoms. The average Bonchev–Trinajstić information content (AvgIpc) is 2.50. The minimum absolute atomic E-state index is 0.153. The van der Waals surface area contributed by atoms with Crippen LogP contribution in [0.25, 0.3) is 10.8 Å². The SMILES string of the molecule is COCCC(C)(O)CNC(=O)c1nccc2ccccc12. The molecule has 2 aromatic rings. The largest absolute Gasteiger partial charge is 0.388 e. The molecule has 0 radical (unpaired) electrons. The van der Waals surface area contributed by atoms with Gasteiger partial charge in [-0.15, -0.1) is 0 Å². The minimum atomic E-state index is -1.00. The molecule has 2 rings (SSSR count). The zero-order chi connectivity index (χ0) is 15.3. The molecular formula is C16H20N2O3. The number of methoxy groups -OCH3 is 1. The summed E-state index contributed by atoms with van der Waals surface area (Å²) in [6.07, 6.45) is 2.06. The van der Waals surface area contributed by atoms with Crippen molar-refractivity contribution in [1.82, 2.24) is 10.3 Å². The second-order valence-corrected chi connectivity index (χ2v) is 5.30. The van der Waals surface area contributed by atoms with Crippen molar-refractivity contribution >= 4 is 16.7 Å². The highest BCUT2D eigenvalue weighted by molar-refractivity contribution is 6.05. The number of pyridine rings is 1. The fourth-order valence-corrected chi connectivity index (χ4v) is 2.07. The molecule has 2 N–H and O–H groups in total. The zero-order valence-corrected chi connectivity index (χ0v) is 12.3. The molecule has 0 saturated heterocycles. The van der Waals surface area contributed by atoms with Crippen LogP contribution >= 0.6 is 0 Å². The van der Waals surface area contributed by atoms with Crippen molar-refractivity contribution in [1.29, 1.82) is 0 Å². The van der Waals surface area contributed by atoms with Gasteiger partial charge in [-0.2, -0.15) is 0 Å². The minimum Gasteiger partial charge on any atom is -0.388 e. The number of fused-ring (bicyclic) bond motifs is 1. The third kappa shape index (κ3) is 4.00. The van der Waals surface area contributed by atoms with E-state index in [9.17, 15) is 9.90 Å². The molecule has 1 aromatic heterocycles. The van der Waals surface area contributed by atoms with Crippen LogP contribution in [0.3, 0.4) is 0 Å². The molecule has 1 heterocycles. The number of carbonyl (C=O) groups excluding carboxylic acids is 1. The Morgan fingerprint density at radius 3 is 2.90 bits per heavy atom. The Morgan fingerprint density at radius 1 is 1.38 bits per heavy atom. The van der Waals surface area contributed by atoms with Gasteiger partial charge < -0.3 is 15.2 Å². The lowest BCUT2D eigenvalue weighted by Crippen LogP contribution is -2.41. The van der Waals surface area contributed by atoms with Crippen molar-refractivity contribution < 1.29 is 14.6 Å². The topological polar surface area (TPSA) is 71.5 Å². The molecule has 0 bridgehead atoms. The van der Waals surface area contributed by atoms with Gasteiger partial charge in [0, 0.05) is 38.3 Å². The van der Waals surface area contributed by atoms with E-state index in [0.29, 0.717) is 18.7 Å². The van der Waals surface area contributed by atoms with E-state index in [1.807, 2.05) is 30.3 Å². The Morgan fingerprint density at radius 2 is 2.14 bits per heavy atom. The first-order valence-corrected chi connectivity index (χ1v) is 6.87. The van der Waals surface area contributed by atoms with Crippen LogP contribution in [0.4, 0.5) is 0 Å². The standard InChI is InChI=1S/C16H20N2O3/c1-16(20,8-10-21-2)11-18-15(19)14-13-6-4-3-5-12(13)7-9-17-14/h3-7,9,20H,8,10-11H2,1-2H3,(H,18,19). The summed E-state index contributed by atoms with van der Waals surface area (Å²) in [7, 11) is 1.58. The second-order valence-electron chi connectivity index (χ2n) is 5.30. The normalized spacial score (nSPS) is 13.9. The van der Waals surface area contributed by atoms with Crippen LogP contribution in [0.2, 0.25) is 0 Å². The molecule has 5 nitrogen and oxygen atoms in total. The van der Waals surface area contributed by atoms with E-state index >= 15 is 0 Å². The average molecular weight is 288 g/mol. The van der Waals surface area contributed by atoms with E-state index in [1.165, 1.54) is 0 Å². The van der Waals surface area contributed by atoms with Gasteiger partial charge in [0.1, 0.15) is 5.69 Å². The molecule has 1 aromatic carbocycles. The molecule has 0 aliphatic carbocycles. The molecular weight excluding hydrogens is 268 g/mol. The van der Waals surface area contributed by atoms with Gasteiger partial charge in [0.2, 0.25) is 0 Å².